The number of aromatic nitrogens is 2. The molecule has 0 atom stereocenters. The second-order valence-electron chi connectivity index (χ2n) is 7.80. The van der Waals surface area contributed by atoms with Gasteiger partial charge in [0.1, 0.15) is 0 Å². The number of allylic oxidation sites excluding steroid dienone is 1. The van der Waals surface area contributed by atoms with Crippen LogP contribution in [0.25, 0.3) is 23.1 Å². The standard InChI is InChI=1S/C24H30N3O4P/c1-3-8-21(20-9-5-4-6-10-20)16-23-26-27-24(31-23)22-12-11-19(15-18(22)2)17-25-13-7-14-32(28,29)30/h4-6,9-12,15-16,25H,3,7-8,13-14,17H2,1-2H3,(H2,28,29,30). The second kappa shape index (κ2) is 11.3. The van der Waals surface area contributed by atoms with Crippen LogP contribution >= 0.6 is 7.60 Å². The van der Waals surface area contributed by atoms with Crippen LogP contribution in [0, 0.1) is 6.92 Å². The Morgan fingerprint density at radius 2 is 1.94 bits per heavy atom. The maximum atomic E-state index is 10.9. The average Bonchev–Trinajstić information content (AvgIpc) is 3.21. The Morgan fingerprint density at radius 1 is 1.16 bits per heavy atom. The lowest BCUT2D eigenvalue weighted by molar-refractivity contribution is 0.371. The van der Waals surface area contributed by atoms with E-state index >= 15 is 0 Å². The van der Waals surface area contributed by atoms with E-state index in [1.54, 1.807) is 0 Å². The van der Waals surface area contributed by atoms with Crippen LogP contribution in [0.5, 0.6) is 0 Å². The van der Waals surface area contributed by atoms with Gasteiger partial charge in [-0.3, -0.25) is 4.57 Å². The van der Waals surface area contributed by atoms with Crippen molar-refractivity contribution in [1.29, 1.82) is 0 Å². The van der Waals surface area contributed by atoms with Gasteiger partial charge in [0.05, 0.1) is 6.16 Å². The van der Waals surface area contributed by atoms with E-state index in [-0.39, 0.29) is 6.16 Å². The van der Waals surface area contributed by atoms with Crippen molar-refractivity contribution >= 4 is 19.2 Å². The first-order valence-electron chi connectivity index (χ1n) is 10.8. The minimum Gasteiger partial charge on any atom is -0.417 e. The fourth-order valence-electron chi connectivity index (χ4n) is 3.49. The summed E-state index contributed by atoms with van der Waals surface area (Å²) in [5, 5.41) is 11.7. The summed E-state index contributed by atoms with van der Waals surface area (Å²) in [6, 6.07) is 16.2. The minimum atomic E-state index is -3.92. The van der Waals surface area contributed by atoms with Crippen molar-refractivity contribution in [3.8, 4) is 11.5 Å². The highest BCUT2D eigenvalue weighted by Gasteiger charge is 2.13. The molecule has 3 aromatic rings. The predicted octanol–water partition coefficient (Wildman–Crippen LogP) is 5.04. The third kappa shape index (κ3) is 7.24. The Hall–Kier alpha value is -2.57. The molecule has 0 saturated carbocycles. The zero-order valence-corrected chi connectivity index (χ0v) is 19.4. The molecule has 8 heteroatoms. The fourth-order valence-corrected chi connectivity index (χ4v) is 4.06. The third-order valence-electron chi connectivity index (χ3n) is 5.06. The quantitative estimate of drug-likeness (QED) is 0.274. The molecule has 0 saturated heterocycles. The Bertz CT molecular complexity index is 1090. The summed E-state index contributed by atoms with van der Waals surface area (Å²) in [6.07, 6.45) is 4.24. The topological polar surface area (TPSA) is 108 Å². The zero-order valence-electron chi connectivity index (χ0n) is 18.5. The number of nitrogens with zero attached hydrogens (tertiary/aromatic N) is 2. The van der Waals surface area contributed by atoms with Gasteiger partial charge >= 0.3 is 7.60 Å². The number of hydrogen-bond acceptors (Lipinski definition) is 5. The van der Waals surface area contributed by atoms with Crippen LogP contribution in [0.15, 0.2) is 52.9 Å². The lowest BCUT2D eigenvalue weighted by Gasteiger charge is -2.08. The first kappa shape index (κ1) is 24.1. The zero-order chi connectivity index (χ0) is 23.0. The molecule has 0 amide bonds. The van der Waals surface area contributed by atoms with Crippen molar-refractivity contribution < 1.29 is 18.8 Å². The normalized spacial score (nSPS) is 12.3. The molecule has 0 radical (unpaired) electrons. The Morgan fingerprint density at radius 3 is 2.62 bits per heavy atom. The van der Waals surface area contributed by atoms with Crippen LogP contribution in [-0.4, -0.2) is 32.7 Å². The highest BCUT2D eigenvalue weighted by atomic mass is 31.2. The Balaban J connectivity index is 1.67. The van der Waals surface area contributed by atoms with Gasteiger partial charge in [0.25, 0.3) is 0 Å². The summed E-state index contributed by atoms with van der Waals surface area (Å²) >= 11 is 0. The first-order chi connectivity index (χ1) is 15.4. The number of aryl methyl sites for hydroxylation is 1. The van der Waals surface area contributed by atoms with Crippen molar-refractivity contribution in [1.82, 2.24) is 15.5 Å². The van der Waals surface area contributed by atoms with Crippen molar-refractivity contribution in [3.63, 3.8) is 0 Å². The van der Waals surface area contributed by atoms with E-state index in [0.717, 1.165) is 35.1 Å². The van der Waals surface area contributed by atoms with Gasteiger partial charge in [0.2, 0.25) is 11.8 Å². The van der Waals surface area contributed by atoms with Gasteiger partial charge in [-0.25, -0.2) is 0 Å². The molecule has 1 aromatic heterocycles. The molecule has 3 rings (SSSR count). The monoisotopic (exact) mass is 455 g/mol. The van der Waals surface area contributed by atoms with Crippen LogP contribution in [0.1, 0.15) is 48.8 Å². The van der Waals surface area contributed by atoms with Gasteiger partial charge in [-0.15, -0.1) is 10.2 Å². The molecular formula is C24H30N3O4P. The molecule has 2 aromatic carbocycles. The van der Waals surface area contributed by atoms with E-state index in [2.05, 4.69) is 40.6 Å². The molecule has 0 aliphatic rings. The van der Waals surface area contributed by atoms with Crippen LogP contribution in [0.2, 0.25) is 0 Å². The number of rotatable bonds is 11. The summed E-state index contributed by atoms with van der Waals surface area (Å²) < 4.78 is 16.8. The third-order valence-corrected chi connectivity index (χ3v) is 5.95. The SMILES string of the molecule is CCCC(=Cc1nnc(-c2ccc(CNCCCP(=O)(O)O)cc2C)o1)c1ccccc1. The molecule has 0 fully saturated rings. The highest BCUT2D eigenvalue weighted by molar-refractivity contribution is 7.51. The molecule has 1 heterocycles. The van der Waals surface area contributed by atoms with Crippen molar-refractivity contribution in [2.45, 2.75) is 39.7 Å². The van der Waals surface area contributed by atoms with Gasteiger partial charge < -0.3 is 19.5 Å². The molecule has 3 N–H and O–H groups in total. The average molecular weight is 455 g/mol. The van der Waals surface area contributed by atoms with Crippen molar-refractivity contribution in [2.24, 2.45) is 0 Å². The highest BCUT2D eigenvalue weighted by Crippen LogP contribution is 2.34. The number of benzene rings is 2. The molecule has 0 unspecified atom stereocenters. The van der Waals surface area contributed by atoms with Gasteiger partial charge in [0, 0.05) is 18.2 Å². The first-order valence-corrected chi connectivity index (χ1v) is 12.6. The van der Waals surface area contributed by atoms with E-state index < -0.39 is 7.60 Å². The molecular weight excluding hydrogens is 425 g/mol. The van der Waals surface area contributed by atoms with E-state index in [4.69, 9.17) is 14.2 Å². The molecule has 0 bridgehead atoms. The maximum Gasteiger partial charge on any atom is 0.325 e. The van der Waals surface area contributed by atoms with E-state index in [1.807, 2.05) is 43.3 Å². The summed E-state index contributed by atoms with van der Waals surface area (Å²) in [6.45, 7) is 5.32. The summed E-state index contributed by atoms with van der Waals surface area (Å²) in [5.41, 5.74) is 5.31. The largest absolute Gasteiger partial charge is 0.417 e. The van der Waals surface area contributed by atoms with Crippen LogP contribution in [-0.2, 0) is 11.1 Å². The fraction of sp³-hybridized carbons (Fsp3) is 0.333. The lowest BCUT2D eigenvalue weighted by atomic mass is 10.0. The maximum absolute atomic E-state index is 10.9. The molecule has 0 spiro atoms. The molecule has 170 valence electrons. The second-order valence-corrected chi connectivity index (χ2v) is 9.58. The summed E-state index contributed by atoms with van der Waals surface area (Å²) in [4.78, 5) is 17.8. The molecule has 0 aliphatic heterocycles. The Kier molecular flexibility index (Phi) is 8.53. The minimum absolute atomic E-state index is 0.101. The van der Waals surface area contributed by atoms with E-state index in [9.17, 15) is 4.57 Å². The number of nitrogens with one attached hydrogen (secondary N) is 1. The van der Waals surface area contributed by atoms with Gasteiger partial charge in [-0.05, 0) is 54.6 Å². The van der Waals surface area contributed by atoms with Crippen LogP contribution < -0.4 is 5.32 Å². The van der Waals surface area contributed by atoms with E-state index in [1.165, 1.54) is 5.57 Å². The van der Waals surface area contributed by atoms with Crippen molar-refractivity contribution in [3.05, 3.63) is 71.1 Å². The molecule has 32 heavy (non-hydrogen) atoms. The van der Waals surface area contributed by atoms with E-state index in [0.29, 0.717) is 31.3 Å². The smallest absolute Gasteiger partial charge is 0.325 e. The van der Waals surface area contributed by atoms with Gasteiger partial charge in [-0.2, -0.15) is 0 Å². The Labute approximate surface area is 188 Å². The van der Waals surface area contributed by atoms with Crippen LogP contribution in [0.3, 0.4) is 0 Å². The van der Waals surface area contributed by atoms with Crippen molar-refractivity contribution in [2.75, 3.05) is 12.7 Å². The van der Waals surface area contributed by atoms with Gasteiger partial charge in [0.15, 0.2) is 0 Å². The number of hydrogen-bond donors (Lipinski definition) is 3. The van der Waals surface area contributed by atoms with Gasteiger partial charge in [-0.1, -0.05) is 55.8 Å². The lowest BCUT2D eigenvalue weighted by Crippen LogP contribution is -2.15. The summed E-state index contributed by atoms with van der Waals surface area (Å²) in [5.74, 6) is 0.973. The molecule has 7 nitrogen and oxygen atoms in total. The molecule has 0 aliphatic carbocycles. The summed E-state index contributed by atoms with van der Waals surface area (Å²) in [7, 11) is -3.92. The predicted molar refractivity (Wildman–Crippen MR) is 127 cm³/mol. The van der Waals surface area contributed by atoms with Crippen LogP contribution in [0.4, 0.5) is 0 Å².